The van der Waals surface area contributed by atoms with Crippen molar-refractivity contribution in [2.75, 3.05) is 0 Å². The van der Waals surface area contributed by atoms with Gasteiger partial charge in [-0.15, -0.1) is 0 Å². The molecule has 0 amide bonds. The topological polar surface area (TPSA) is 0 Å². The largest absolute Gasteiger partial charge is 0.0801 e. The smallest absolute Gasteiger partial charge is 0.0502 e. The van der Waals surface area contributed by atoms with E-state index in [9.17, 15) is 0 Å². The summed E-state index contributed by atoms with van der Waals surface area (Å²) in [5, 5.41) is 0. The van der Waals surface area contributed by atoms with Gasteiger partial charge in [0.15, 0.2) is 0 Å². The third kappa shape index (κ3) is 2.86. The van der Waals surface area contributed by atoms with Gasteiger partial charge in [0.05, 0.1) is 4.32 Å². The van der Waals surface area contributed by atoms with Gasteiger partial charge < -0.3 is 0 Å². The molecule has 1 aromatic rings. The predicted molar refractivity (Wildman–Crippen MR) is 86.4 cm³/mol. The van der Waals surface area contributed by atoms with E-state index in [1.54, 1.807) is 0 Å². The molecular weight excluding hydrogens is 296 g/mol. The summed E-state index contributed by atoms with van der Waals surface area (Å²) < 4.78 is 0.214. The van der Waals surface area contributed by atoms with Crippen LogP contribution < -0.4 is 0 Å². The van der Waals surface area contributed by atoms with E-state index in [1.807, 2.05) is 0 Å². The molecular formula is C18H21Br. The Kier molecular flexibility index (Phi) is 3.93. The number of hydrogen-bond acceptors (Lipinski definition) is 0. The summed E-state index contributed by atoms with van der Waals surface area (Å²) in [5.74, 6) is 0.811. The summed E-state index contributed by atoms with van der Waals surface area (Å²) in [7, 11) is 0. The van der Waals surface area contributed by atoms with Crippen LogP contribution in [0.15, 0.2) is 48.6 Å². The van der Waals surface area contributed by atoms with Crippen LogP contribution >= 0.6 is 15.9 Å². The van der Waals surface area contributed by atoms with Crippen molar-refractivity contribution in [2.45, 2.75) is 42.8 Å². The maximum absolute atomic E-state index is 4.03. The minimum Gasteiger partial charge on any atom is -0.0801 e. The van der Waals surface area contributed by atoms with Crippen molar-refractivity contribution in [3.8, 4) is 0 Å². The van der Waals surface area contributed by atoms with Crippen LogP contribution in [0.5, 0.6) is 0 Å². The van der Waals surface area contributed by atoms with Crippen molar-refractivity contribution in [1.29, 1.82) is 0 Å². The third-order valence-electron chi connectivity index (χ3n) is 4.57. The van der Waals surface area contributed by atoms with Gasteiger partial charge in [-0.05, 0) is 36.3 Å². The zero-order valence-corrected chi connectivity index (χ0v) is 12.9. The van der Waals surface area contributed by atoms with Crippen molar-refractivity contribution in [3.05, 3.63) is 54.1 Å². The molecule has 2 aliphatic carbocycles. The van der Waals surface area contributed by atoms with E-state index in [4.69, 9.17) is 0 Å². The van der Waals surface area contributed by atoms with Gasteiger partial charge in [0.25, 0.3) is 0 Å². The Labute approximate surface area is 124 Å². The lowest BCUT2D eigenvalue weighted by molar-refractivity contribution is 0.314. The maximum atomic E-state index is 4.03. The van der Waals surface area contributed by atoms with Crippen LogP contribution in [0.25, 0.3) is 5.57 Å². The molecule has 0 bridgehead atoms. The van der Waals surface area contributed by atoms with Gasteiger partial charge in [-0.3, -0.25) is 0 Å². The quantitative estimate of drug-likeness (QED) is 0.610. The Balaban J connectivity index is 1.74. The number of rotatable bonds is 2. The highest BCUT2D eigenvalue weighted by Crippen LogP contribution is 2.44. The summed E-state index contributed by atoms with van der Waals surface area (Å²) in [4.78, 5) is 0. The Morgan fingerprint density at radius 1 is 1.00 bits per heavy atom. The van der Waals surface area contributed by atoms with E-state index < -0.39 is 0 Å². The van der Waals surface area contributed by atoms with Crippen LogP contribution in [-0.2, 0) is 0 Å². The zero-order chi connectivity index (χ0) is 13.1. The first-order valence-electron chi connectivity index (χ1n) is 7.42. The van der Waals surface area contributed by atoms with Crippen molar-refractivity contribution in [2.24, 2.45) is 5.92 Å². The van der Waals surface area contributed by atoms with Gasteiger partial charge in [0, 0.05) is 0 Å². The lowest BCUT2D eigenvalue weighted by Crippen LogP contribution is -2.31. The standard InChI is InChI=1S/C18H21Br/c19-18(17-9-5-2-6-10-17)13-11-16(12-14-18)15-7-3-1-4-8-15/h1,3-4,7-8,11-13,17H,2,5-6,9-10,14H2. The van der Waals surface area contributed by atoms with E-state index in [0.29, 0.717) is 0 Å². The Hall–Kier alpha value is -0.820. The second kappa shape index (κ2) is 5.66. The fourth-order valence-electron chi connectivity index (χ4n) is 3.36. The highest BCUT2D eigenvalue weighted by Gasteiger charge is 2.35. The third-order valence-corrected chi connectivity index (χ3v) is 5.80. The highest BCUT2D eigenvalue weighted by atomic mass is 79.9. The molecule has 0 aromatic heterocycles. The molecule has 1 saturated carbocycles. The van der Waals surface area contributed by atoms with Crippen LogP contribution in [-0.4, -0.2) is 4.32 Å². The average Bonchev–Trinajstić information content (AvgIpc) is 2.50. The van der Waals surface area contributed by atoms with Crippen LogP contribution in [0, 0.1) is 5.92 Å². The Bertz CT molecular complexity index is 480. The molecule has 1 atom stereocenters. The molecule has 0 N–H and O–H groups in total. The number of alkyl halides is 1. The van der Waals surface area contributed by atoms with Crippen molar-refractivity contribution in [1.82, 2.24) is 0 Å². The molecule has 0 saturated heterocycles. The predicted octanol–water partition coefficient (Wildman–Crippen LogP) is 5.74. The van der Waals surface area contributed by atoms with E-state index in [-0.39, 0.29) is 4.32 Å². The zero-order valence-electron chi connectivity index (χ0n) is 11.3. The summed E-state index contributed by atoms with van der Waals surface area (Å²) >= 11 is 4.03. The number of benzene rings is 1. The number of allylic oxidation sites excluding steroid dienone is 4. The molecule has 0 heterocycles. The molecule has 0 nitrogen and oxygen atoms in total. The molecule has 2 aliphatic rings. The molecule has 0 aliphatic heterocycles. The monoisotopic (exact) mass is 316 g/mol. The Morgan fingerprint density at radius 2 is 1.74 bits per heavy atom. The summed E-state index contributed by atoms with van der Waals surface area (Å²) in [5.41, 5.74) is 2.70. The van der Waals surface area contributed by atoms with Gasteiger partial charge in [0.2, 0.25) is 0 Å². The molecule has 19 heavy (non-hydrogen) atoms. The molecule has 3 rings (SSSR count). The van der Waals surface area contributed by atoms with Crippen LogP contribution in [0.4, 0.5) is 0 Å². The average molecular weight is 317 g/mol. The second-order valence-electron chi connectivity index (χ2n) is 5.82. The maximum Gasteiger partial charge on any atom is 0.0502 e. The molecule has 0 radical (unpaired) electrons. The first kappa shape index (κ1) is 13.2. The van der Waals surface area contributed by atoms with Crippen molar-refractivity contribution in [3.63, 3.8) is 0 Å². The minimum absolute atomic E-state index is 0.214. The van der Waals surface area contributed by atoms with Gasteiger partial charge in [-0.2, -0.15) is 0 Å². The van der Waals surface area contributed by atoms with E-state index in [1.165, 1.54) is 43.2 Å². The molecule has 1 aromatic carbocycles. The fourth-order valence-corrected chi connectivity index (χ4v) is 4.11. The van der Waals surface area contributed by atoms with Crippen molar-refractivity contribution >= 4 is 21.5 Å². The van der Waals surface area contributed by atoms with Gasteiger partial charge in [0.1, 0.15) is 0 Å². The summed E-state index contributed by atoms with van der Waals surface area (Å²) in [6, 6.07) is 10.7. The van der Waals surface area contributed by atoms with Gasteiger partial charge in [-0.25, -0.2) is 0 Å². The summed E-state index contributed by atoms with van der Waals surface area (Å²) in [6.45, 7) is 0. The van der Waals surface area contributed by atoms with Crippen LogP contribution in [0.1, 0.15) is 44.1 Å². The molecule has 100 valence electrons. The molecule has 0 spiro atoms. The van der Waals surface area contributed by atoms with E-state index >= 15 is 0 Å². The molecule has 1 unspecified atom stereocenters. The fraction of sp³-hybridized carbons (Fsp3) is 0.444. The minimum atomic E-state index is 0.214. The van der Waals surface area contributed by atoms with Gasteiger partial charge in [-0.1, -0.05) is 83.8 Å². The number of hydrogen-bond donors (Lipinski definition) is 0. The number of halogens is 1. The first-order chi connectivity index (χ1) is 9.28. The first-order valence-corrected chi connectivity index (χ1v) is 8.21. The van der Waals surface area contributed by atoms with Crippen LogP contribution in [0.3, 0.4) is 0 Å². The van der Waals surface area contributed by atoms with Crippen molar-refractivity contribution < 1.29 is 0 Å². The molecule has 1 heteroatoms. The van der Waals surface area contributed by atoms with Gasteiger partial charge >= 0.3 is 0 Å². The second-order valence-corrected chi connectivity index (χ2v) is 7.30. The van der Waals surface area contributed by atoms with Crippen LogP contribution in [0.2, 0.25) is 0 Å². The lowest BCUT2D eigenvalue weighted by Gasteiger charge is -2.37. The van der Waals surface area contributed by atoms with E-state index in [0.717, 1.165) is 12.3 Å². The molecule has 1 fully saturated rings. The SMILES string of the molecule is BrC1(C2CCCCC2)C=CC(c2ccccc2)=CC1. The lowest BCUT2D eigenvalue weighted by atomic mass is 9.76. The normalized spacial score (nSPS) is 28.2. The highest BCUT2D eigenvalue weighted by molar-refractivity contribution is 9.10. The summed E-state index contributed by atoms with van der Waals surface area (Å²) in [6.07, 6.45) is 15.2. The van der Waals surface area contributed by atoms with E-state index in [2.05, 4.69) is 64.5 Å². The Morgan fingerprint density at radius 3 is 2.37 bits per heavy atom.